The van der Waals surface area contributed by atoms with Gasteiger partial charge in [0.25, 0.3) is 0 Å². The molecule has 0 amide bonds. The number of aliphatic hydroxyl groups is 2. The Hall–Kier alpha value is -1.81. The molecule has 0 aromatic carbocycles. The predicted octanol–water partition coefficient (Wildman–Crippen LogP) is 10.8. The monoisotopic (exact) mass is 773 g/mol. The fraction of sp³-hybridized carbons (Fsp3) is 0.810. The minimum Gasteiger partial charge on any atom is -0.462 e. The van der Waals surface area contributed by atoms with Crippen molar-refractivity contribution in [3.8, 4) is 0 Å². The molecule has 53 heavy (non-hydrogen) atoms. The minimum absolute atomic E-state index is 0.166. The quantitative estimate of drug-likeness (QED) is 0.0181. The fourth-order valence-corrected chi connectivity index (χ4v) is 6.46. The first-order chi connectivity index (χ1) is 25.7. The lowest BCUT2D eigenvalue weighted by Crippen LogP contribution is -2.29. The molecule has 3 atom stereocenters. The van der Waals surface area contributed by atoms with Crippen LogP contribution in [0.2, 0.25) is 0 Å². The molecule has 0 aromatic heterocycles. The molecule has 0 aliphatic rings. The lowest BCUT2D eigenvalue weighted by Gasteiger charge is -2.20. The van der Waals surface area contributed by atoms with Gasteiger partial charge in [-0.15, -0.1) is 6.58 Å². The van der Waals surface area contributed by atoms with Crippen molar-refractivity contribution in [1.29, 1.82) is 0 Å². The van der Waals surface area contributed by atoms with E-state index in [1.165, 1.54) is 83.5 Å². The summed E-state index contributed by atoms with van der Waals surface area (Å²) in [6.07, 6.45) is 37.1. The predicted molar refractivity (Wildman–Crippen MR) is 214 cm³/mol. The highest BCUT2D eigenvalue weighted by molar-refractivity contribution is 7.47. The number of esters is 2. The molecule has 0 fully saturated rings. The Morgan fingerprint density at radius 1 is 0.623 bits per heavy atom. The third-order valence-electron chi connectivity index (χ3n) is 8.94. The molecule has 10 nitrogen and oxygen atoms in total. The van der Waals surface area contributed by atoms with E-state index in [1.54, 1.807) is 0 Å². The van der Waals surface area contributed by atoms with E-state index in [-0.39, 0.29) is 19.4 Å². The second-order valence-corrected chi connectivity index (χ2v) is 15.6. The van der Waals surface area contributed by atoms with E-state index in [1.807, 2.05) is 6.08 Å². The van der Waals surface area contributed by atoms with Crippen LogP contribution in [0.4, 0.5) is 0 Å². The van der Waals surface area contributed by atoms with Crippen molar-refractivity contribution in [3.05, 3.63) is 37.0 Å². The van der Waals surface area contributed by atoms with Gasteiger partial charge in [0.1, 0.15) is 12.7 Å². The standard InChI is InChI=1S/C42H77O10P/c1-3-5-7-9-11-13-15-17-19-21-23-25-27-29-31-33-41(45)49-37-40(38-51-53(47,48)50-36-39(44)35-43)52-42(46)34-32-30-28-26-24-22-20-18-16-14-12-10-8-6-4-2/h3,14,16,18,20,39-40,43-44H,1,4-13,15,17,19,21-38H2,2H3,(H,47,48)/b16-14+,20-18+/t39-,40+/m0/s1. The van der Waals surface area contributed by atoms with Crippen molar-refractivity contribution >= 4 is 19.8 Å². The van der Waals surface area contributed by atoms with Gasteiger partial charge in [-0.1, -0.05) is 146 Å². The zero-order chi connectivity index (χ0) is 39.1. The molecule has 0 aliphatic carbocycles. The summed E-state index contributed by atoms with van der Waals surface area (Å²) in [6.45, 7) is 3.86. The SMILES string of the molecule is C=CCCCCCCCCCCCCCCCC(=O)OC[C@H](COP(=O)(O)OC[C@@H](O)CO)OC(=O)CCCCCCC/C=C/C=C/CCCCCC. The van der Waals surface area contributed by atoms with Crippen LogP contribution in [-0.4, -0.2) is 65.7 Å². The number of hydrogen-bond acceptors (Lipinski definition) is 9. The number of carbonyl (C=O) groups excluding carboxylic acids is 2. The molecule has 0 aliphatic heterocycles. The van der Waals surface area contributed by atoms with Gasteiger partial charge < -0.3 is 24.6 Å². The molecule has 310 valence electrons. The smallest absolute Gasteiger partial charge is 0.462 e. The van der Waals surface area contributed by atoms with E-state index in [0.717, 1.165) is 64.2 Å². The Labute approximate surface area is 322 Å². The van der Waals surface area contributed by atoms with Crippen LogP contribution in [0.15, 0.2) is 37.0 Å². The highest BCUT2D eigenvalue weighted by atomic mass is 31.2. The molecule has 1 unspecified atom stereocenters. The summed E-state index contributed by atoms with van der Waals surface area (Å²) in [5.74, 6) is -0.943. The Bertz CT molecular complexity index is 970. The maximum atomic E-state index is 12.6. The second-order valence-electron chi connectivity index (χ2n) is 14.1. The number of unbranched alkanes of at least 4 members (excludes halogenated alkanes) is 22. The van der Waals surface area contributed by atoms with E-state index < -0.39 is 51.8 Å². The molecule has 0 radical (unpaired) electrons. The number of hydrogen-bond donors (Lipinski definition) is 3. The molecule has 0 saturated heterocycles. The lowest BCUT2D eigenvalue weighted by atomic mass is 10.0. The average molecular weight is 773 g/mol. The molecule has 0 aromatic rings. The Kier molecular flexibility index (Phi) is 37.2. The lowest BCUT2D eigenvalue weighted by molar-refractivity contribution is -0.161. The van der Waals surface area contributed by atoms with Crippen LogP contribution in [0.25, 0.3) is 0 Å². The minimum atomic E-state index is -4.62. The van der Waals surface area contributed by atoms with Gasteiger partial charge in [-0.25, -0.2) is 4.57 Å². The van der Waals surface area contributed by atoms with Gasteiger partial charge in [-0.3, -0.25) is 18.6 Å². The maximum Gasteiger partial charge on any atom is 0.472 e. The molecule has 3 N–H and O–H groups in total. The van der Waals surface area contributed by atoms with Crippen molar-refractivity contribution in [3.63, 3.8) is 0 Å². The number of phosphoric ester groups is 1. The van der Waals surface area contributed by atoms with Gasteiger partial charge >= 0.3 is 19.8 Å². The molecule has 0 spiro atoms. The van der Waals surface area contributed by atoms with Gasteiger partial charge in [-0.05, 0) is 51.4 Å². The van der Waals surface area contributed by atoms with Crippen LogP contribution in [0.5, 0.6) is 0 Å². The van der Waals surface area contributed by atoms with Crippen molar-refractivity contribution < 1.29 is 47.8 Å². The third-order valence-corrected chi connectivity index (χ3v) is 9.89. The first-order valence-corrected chi connectivity index (χ1v) is 22.4. The highest BCUT2D eigenvalue weighted by Gasteiger charge is 2.27. The van der Waals surface area contributed by atoms with Crippen LogP contribution >= 0.6 is 7.82 Å². The van der Waals surface area contributed by atoms with Crippen LogP contribution in [-0.2, 0) is 32.7 Å². The van der Waals surface area contributed by atoms with Crippen LogP contribution in [0, 0.1) is 0 Å². The van der Waals surface area contributed by atoms with E-state index in [9.17, 15) is 24.2 Å². The molecule has 0 heterocycles. The number of ether oxygens (including phenoxy) is 2. The summed E-state index contributed by atoms with van der Waals surface area (Å²) in [5, 5.41) is 18.3. The van der Waals surface area contributed by atoms with Gasteiger partial charge in [0.2, 0.25) is 0 Å². The van der Waals surface area contributed by atoms with Gasteiger partial charge in [0.15, 0.2) is 6.10 Å². The topological polar surface area (TPSA) is 149 Å². The van der Waals surface area contributed by atoms with Crippen molar-refractivity contribution in [2.24, 2.45) is 0 Å². The summed E-state index contributed by atoms with van der Waals surface area (Å²) >= 11 is 0. The zero-order valence-corrected chi connectivity index (χ0v) is 34.2. The summed E-state index contributed by atoms with van der Waals surface area (Å²) in [7, 11) is -4.62. The van der Waals surface area contributed by atoms with E-state index in [0.29, 0.717) is 12.8 Å². The largest absolute Gasteiger partial charge is 0.472 e. The fourth-order valence-electron chi connectivity index (χ4n) is 5.67. The molecular weight excluding hydrogens is 695 g/mol. The van der Waals surface area contributed by atoms with Crippen LogP contribution in [0.1, 0.15) is 180 Å². The first kappa shape index (κ1) is 51.2. The number of rotatable bonds is 40. The van der Waals surface area contributed by atoms with E-state index in [4.69, 9.17) is 19.1 Å². The number of carbonyl (C=O) groups is 2. The van der Waals surface area contributed by atoms with Crippen molar-refractivity contribution in [2.45, 2.75) is 192 Å². The van der Waals surface area contributed by atoms with E-state index in [2.05, 4.69) is 42.3 Å². The Morgan fingerprint density at radius 3 is 1.55 bits per heavy atom. The zero-order valence-electron chi connectivity index (χ0n) is 33.3. The van der Waals surface area contributed by atoms with Crippen LogP contribution in [0.3, 0.4) is 0 Å². The third kappa shape index (κ3) is 38.3. The normalized spacial score (nSPS) is 14.0. The van der Waals surface area contributed by atoms with Gasteiger partial charge in [-0.2, -0.15) is 0 Å². The number of allylic oxidation sites excluding steroid dienone is 5. The number of aliphatic hydroxyl groups excluding tert-OH is 2. The summed E-state index contributed by atoms with van der Waals surface area (Å²) in [6, 6.07) is 0. The summed E-state index contributed by atoms with van der Waals surface area (Å²) in [5.41, 5.74) is 0. The van der Waals surface area contributed by atoms with Crippen molar-refractivity contribution in [2.75, 3.05) is 26.4 Å². The molecule has 0 bridgehead atoms. The Balaban J connectivity index is 4.32. The maximum absolute atomic E-state index is 12.6. The molecule has 0 rings (SSSR count). The van der Waals surface area contributed by atoms with E-state index >= 15 is 0 Å². The first-order valence-electron chi connectivity index (χ1n) is 20.9. The second kappa shape index (κ2) is 38.5. The summed E-state index contributed by atoms with van der Waals surface area (Å²) < 4.78 is 32.7. The van der Waals surface area contributed by atoms with Crippen molar-refractivity contribution in [1.82, 2.24) is 0 Å². The van der Waals surface area contributed by atoms with Gasteiger partial charge in [0, 0.05) is 12.8 Å². The Morgan fingerprint density at radius 2 is 1.06 bits per heavy atom. The van der Waals surface area contributed by atoms with Gasteiger partial charge in [0.05, 0.1) is 19.8 Å². The molecule has 0 saturated carbocycles. The number of phosphoric acid groups is 1. The highest BCUT2D eigenvalue weighted by Crippen LogP contribution is 2.43. The average Bonchev–Trinajstić information content (AvgIpc) is 3.14. The van der Waals surface area contributed by atoms with Crippen LogP contribution < -0.4 is 0 Å². The summed E-state index contributed by atoms with van der Waals surface area (Å²) in [4.78, 5) is 34.9. The molecular formula is C42H77O10P. The molecule has 11 heteroatoms.